The van der Waals surface area contributed by atoms with Crippen LogP contribution in [-0.4, -0.2) is 58.9 Å². The van der Waals surface area contributed by atoms with Gasteiger partial charge in [-0.05, 0) is 49.8 Å². The third-order valence-corrected chi connectivity index (χ3v) is 7.91. The van der Waals surface area contributed by atoms with Gasteiger partial charge in [0.1, 0.15) is 24.3 Å². The van der Waals surface area contributed by atoms with Crippen LogP contribution in [0.3, 0.4) is 0 Å². The van der Waals surface area contributed by atoms with E-state index in [1.807, 2.05) is 13.8 Å². The Morgan fingerprint density at radius 1 is 1.20 bits per heavy atom. The van der Waals surface area contributed by atoms with Gasteiger partial charge in [0.05, 0.1) is 42.8 Å². The molecule has 0 aliphatic carbocycles. The molecular weight excluding hydrogens is 609 g/mol. The molecule has 0 bridgehead atoms. The van der Waals surface area contributed by atoms with Crippen molar-refractivity contribution in [3.63, 3.8) is 0 Å². The third-order valence-electron chi connectivity index (χ3n) is 7.47. The molecular formula is C31H31Cl2N5O6. The number of aromatic nitrogens is 2. The summed E-state index contributed by atoms with van der Waals surface area (Å²) in [6, 6.07) is 8.50. The van der Waals surface area contributed by atoms with Gasteiger partial charge < -0.3 is 35.5 Å². The van der Waals surface area contributed by atoms with Crippen LogP contribution < -0.4 is 20.7 Å². The molecule has 1 saturated heterocycles. The molecule has 44 heavy (non-hydrogen) atoms. The number of amides is 2. The van der Waals surface area contributed by atoms with Gasteiger partial charge >= 0.3 is 0 Å². The third kappa shape index (κ3) is 5.84. The highest BCUT2D eigenvalue weighted by molar-refractivity contribution is 6.34. The number of carbonyl (C=O) groups excluding carboxylic acids is 2. The number of benzene rings is 2. The molecule has 13 heteroatoms. The van der Waals surface area contributed by atoms with Gasteiger partial charge in [0.15, 0.2) is 5.69 Å². The number of hydroxylamine groups is 1. The fourth-order valence-corrected chi connectivity index (χ4v) is 5.86. The van der Waals surface area contributed by atoms with Crippen LogP contribution in [0.15, 0.2) is 60.8 Å². The lowest BCUT2D eigenvalue weighted by molar-refractivity contribution is -0.515. The number of hydrogen-bond acceptors (Lipinski definition) is 7. The van der Waals surface area contributed by atoms with Crippen molar-refractivity contribution in [1.29, 1.82) is 0 Å². The zero-order valence-electron chi connectivity index (χ0n) is 24.4. The molecule has 2 aliphatic rings. The summed E-state index contributed by atoms with van der Waals surface area (Å²) in [6.45, 7) is 9.03. The van der Waals surface area contributed by atoms with E-state index in [2.05, 4.69) is 6.58 Å². The fraction of sp³-hybridized carbons (Fsp3) is 0.258. The molecule has 3 heterocycles. The van der Waals surface area contributed by atoms with Crippen molar-refractivity contribution in [2.45, 2.75) is 26.0 Å². The fourth-order valence-electron chi connectivity index (χ4n) is 5.35. The van der Waals surface area contributed by atoms with Gasteiger partial charge in [0.2, 0.25) is 0 Å². The van der Waals surface area contributed by atoms with E-state index in [4.69, 9.17) is 48.2 Å². The number of primary amides is 1. The monoisotopic (exact) mass is 639 g/mol. The molecule has 2 aromatic carbocycles. The second kappa shape index (κ2) is 12.5. The zero-order valence-corrected chi connectivity index (χ0v) is 25.9. The van der Waals surface area contributed by atoms with Crippen LogP contribution in [0, 0.1) is 5.21 Å². The number of allylic oxidation sites excluding steroid dienone is 2. The topological polar surface area (TPSA) is 149 Å². The number of halogens is 2. The number of fused-ring (bicyclic) bond motifs is 3. The first-order valence-electron chi connectivity index (χ1n) is 13.6. The Hall–Kier alpha value is -4.13. The molecule has 2 amide bonds. The van der Waals surface area contributed by atoms with Gasteiger partial charge in [-0.3, -0.25) is 9.59 Å². The van der Waals surface area contributed by atoms with Crippen LogP contribution >= 0.6 is 23.2 Å². The summed E-state index contributed by atoms with van der Waals surface area (Å²) in [6.07, 6.45) is 4.03. The van der Waals surface area contributed by atoms with Crippen LogP contribution in [0.4, 0.5) is 0 Å². The summed E-state index contributed by atoms with van der Waals surface area (Å²) in [4.78, 5) is 27.9. The second-order valence-corrected chi connectivity index (χ2v) is 11.7. The first kappa shape index (κ1) is 31.3. The Labute approximate surface area is 264 Å². The Morgan fingerprint density at radius 2 is 1.93 bits per heavy atom. The average molecular weight is 641 g/mol. The number of hydrogen-bond donors (Lipinski definition) is 2. The van der Waals surface area contributed by atoms with Gasteiger partial charge in [0.25, 0.3) is 11.8 Å². The predicted octanol–water partition coefficient (Wildman–Crippen LogP) is 4.00. The van der Waals surface area contributed by atoms with E-state index in [9.17, 15) is 14.8 Å². The summed E-state index contributed by atoms with van der Waals surface area (Å²) in [5.41, 5.74) is 8.86. The molecule has 1 fully saturated rings. The van der Waals surface area contributed by atoms with E-state index in [0.29, 0.717) is 80.4 Å². The number of ether oxygens (including phenoxy) is 3. The highest BCUT2D eigenvalue weighted by Crippen LogP contribution is 2.45. The molecule has 0 radical (unpaired) electrons. The van der Waals surface area contributed by atoms with Crippen molar-refractivity contribution in [2.24, 2.45) is 5.73 Å². The van der Waals surface area contributed by atoms with Crippen LogP contribution in [0.2, 0.25) is 10.0 Å². The lowest BCUT2D eigenvalue weighted by Crippen LogP contribution is -2.70. The number of methoxy groups -OCH3 is 1. The number of morpholine rings is 1. The molecule has 11 nitrogen and oxygen atoms in total. The maximum Gasteiger partial charge on any atom is 0.275 e. The molecule has 5 rings (SSSR count). The van der Waals surface area contributed by atoms with Crippen molar-refractivity contribution in [2.75, 3.05) is 26.9 Å². The minimum Gasteiger partial charge on any atom is -0.631 e. The minimum absolute atomic E-state index is 0.0220. The Balaban J connectivity index is 1.77. The molecule has 230 valence electrons. The molecule has 3 aromatic rings. The molecule has 0 atom stereocenters. The maximum absolute atomic E-state index is 14.1. The molecule has 4 N–H and O–H groups in total. The Bertz CT molecular complexity index is 1710. The van der Waals surface area contributed by atoms with Crippen LogP contribution in [0.1, 0.15) is 35.5 Å². The quantitative estimate of drug-likeness (QED) is 0.215. The Kier molecular flexibility index (Phi) is 8.87. The average Bonchev–Trinajstić information content (AvgIpc) is 3.38. The lowest BCUT2D eigenvalue weighted by atomic mass is 9.94. The Morgan fingerprint density at radius 3 is 2.55 bits per heavy atom. The van der Waals surface area contributed by atoms with Crippen LogP contribution in [0.5, 0.6) is 11.5 Å². The normalized spacial score (nSPS) is 16.1. The van der Waals surface area contributed by atoms with Crippen LogP contribution in [-0.2, 0) is 16.1 Å². The molecule has 0 saturated carbocycles. The lowest BCUT2D eigenvalue weighted by Gasteiger charge is -2.41. The number of quaternary nitrogens is 1. The highest BCUT2D eigenvalue weighted by Gasteiger charge is 2.39. The van der Waals surface area contributed by atoms with E-state index in [0.717, 1.165) is 6.20 Å². The van der Waals surface area contributed by atoms with Crippen molar-refractivity contribution < 1.29 is 29.3 Å². The standard InChI is InChI=1S/C31H31Cl2N5O6/c1-5-17(8-18(14-35-41)29(34)39)22-12-23-26(13-25(22)42-4)44-15-24-27(30(40)37-6-7-43-16-31(37,2)3)36-38(28(23)24)21-10-19(32)9-20(33)11-21/h5,8-14H,1,6-7,15-16,35H2,2-4H3,(H2,34,39). The second-order valence-electron chi connectivity index (χ2n) is 10.8. The predicted molar refractivity (Wildman–Crippen MR) is 167 cm³/mol. The maximum atomic E-state index is 14.1. The summed E-state index contributed by atoms with van der Waals surface area (Å²) < 4.78 is 19.1. The van der Waals surface area contributed by atoms with Crippen molar-refractivity contribution in [3.8, 4) is 28.4 Å². The smallest absolute Gasteiger partial charge is 0.275 e. The van der Waals surface area contributed by atoms with Crippen molar-refractivity contribution in [3.05, 3.63) is 92.9 Å². The minimum atomic E-state index is -0.788. The van der Waals surface area contributed by atoms with Crippen molar-refractivity contribution in [1.82, 2.24) is 14.7 Å². The van der Waals surface area contributed by atoms with Gasteiger partial charge in [-0.25, -0.2) is 4.68 Å². The van der Waals surface area contributed by atoms with Gasteiger partial charge in [-0.15, -0.1) is 0 Å². The number of nitrogens with two attached hydrogens (primary N) is 2. The van der Waals surface area contributed by atoms with Gasteiger partial charge in [0, 0.05) is 39.3 Å². The van der Waals surface area contributed by atoms with Gasteiger partial charge in [-0.1, -0.05) is 35.9 Å². The van der Waals surface area contributed by atoms with Crippen molar-refractivity contribution >= 4 is 40.6 Å². The number of nitrogens with zero attached hydrogens (tertiary/aromatic N) is 3. The summed E-state index contributed by atoms with van der Waals surface area (Å²) in [5, 5.41) is 16.8. The van der Waals surface area contributed by atoms with Crippen LogP contribution in [0.25, 0.3) is 22.5 Å². The highest BCUT2D eigenvalue weighted by atomic mass is 35.5. The molecule has 0 unspecified atom stereocenters. The molecule has 2 aliphatic heterocycles. The summed E-state index contributed by atoms with van der Waals surface area (Å²) >= 11 is 12.8. The van der Waals surface area contributed by atoms with E-state index in [1.165, 1.54) is 19.3 Å². The first-order valence-corrected chi connectivity index (χ1v) is 14.4. The van der Waals surface area contributed by atoms with E-state index >= 15 is 0 Å². The SMILES string of the molecule is C=CC(=CC(=C[NH2+][O-])C(N)=O)c1cc2c(cc1OC)OCc1c(C(=O)N3CCOCC3(C)C)nn(-c3cc(Cl)cc(Cl)c3)c1-2. The van der Waals surface area contributed by atoms with E-state index in [-0.39, 0.29) is 23.8 Å². The zero-order chi connectivity index (χ0) is 31.8. The number of rotatable bonds is 8. The van der Waals surface area contributed by atoms with E-state index < -0.39 is 11.4 Å². The van der Waals surface area contributed by atoms with Gasteiger partial charge in [-0.2, -0.15) is 5.10 Å². The summed E-state index contributed by atoms with van der Waals surface area (Å²) in [7, 11) is 1.50. The van der Waals surface area contributed by atoms with E-state index in [1.54, 1.807) is 39.9 Å². The number of carbonyl (C=O) groups is 2. The first-order chi connectivity index (χ1) is 21.0. The summed E-state index contributed by atoms with van der Waals surface area (Å²) in [5.74, 6) is -0.167. The largest absolute Gasteiger partial charge is 0.631 e. The molecule has 0 spiro atoms. The molecule has 1 aromatic heterocycles.